The maximum absolute atomic E-state index is 10.3. The van der Waals surface area contributed by atoms with Crippen molar-refractivity contribution < 1.29 is 4.79 Å². The Labute approximate surface area is 70.0 Å². The zero-order chi connectivity index (χ0) is 8.43. The number of hydrogen-bond acceptors (Lipinski definition) is 2. The predicted octanol–water partition coefficient (Wildman–Crippen LogP) is 1.45. The summed E-state index contributed by atoms with van der Waals surface area (Å²) in [6, 6.07) is 0. The van der Waals surface area contributed by atoms with Gasteiger partial charge >= 0.3 is 0 Å². The van der Waals surface area contributed by atoms with Crippen LogP contribution in [0.2, 0.25) is 5.02 Å². The summed E-state index contributed by atoms with van der Waals surface area (Å²) < 4.78 is 1.63. The molecule has 1 heterocycles. The Kier molecular flexibility index (Phi) is 2.29. The fourth-order valence-corrected chi connectivity index (χ4v) is 1.35. The maximum atomic E-state index is 10.3. The molecule has 0 radical (unpaired) electrons. The van der Waals surface area contributed by atoms with Gasteiger partial charge in [-0.25, -0.2) is 0 Å². The van der Waals surface area contributed by atoms with Crippen molar-refractivity contribution in [1.29, 1.82) is 0 Å². The minimum absolute atomic E-state index is 0.325. The monoisotopic (exact) mass is 172 g/mol. The first kappa shape index (κ1) is 8.27. The Morgan fingerprint density at radius 1 is 1.73 bits per heavy atom. The van der Waals surface area contributed by atoms with Crippen LogP contribution in [0, 0.1) is 0 Å². The quantitative estimate of drug-likeness (QED) is 0.633. The number of aromatic nitrogens is 2. The Balaban J connectivity index is 3.24. The standard InChI is InChI=1S/C7H9ClN2O/c1-3-6-7(8)5(4-11)9-10(6)2/h4H,3H2,1-2H3. The smallest absolute Gasteiger partial charge is 0.171 e. The van der Waals surface area contributed by atoms with Crippen molar-refractivity contribution in [1.82, 2.24) is 9.78 Å². The Hall–Kier alpha value is -0.830. The molecule has 1 aromatic heterocycles. The molecule has 0 aromatic carbocycles. The van der Waals surface area contributed by atoms with E-state index in [1.807, 2.05) is 6.92 Å². The van der Waals surface area contributed by atoms with Gasteiger partial charge in [-0.2, -0.15) is 5.10 Å². The third-order valence-electron chi connectivity index (χ3n) is 1.57. The highest BCUT2D eigenvalue weighted by Crippen LogP contribution is 2.18. The summed E-state index contributed by atoms with van der Waals surface area (Å²) >= 11 is 5.82. The lowest BCUT2D eigenvalue weighted by Crippen LogP contribution is -1.96. The SMILES string of the molecule is CCc1c(Cl)c(C=O)nn1C. The molecule has 4 heteroatoms. The van der Waals surface area contributed by atoms with Crippen molar-refractivity contribution >= 4 is 17.9 Å². The summed E-state index contributed by atoms with van der Waals surface area (Å²) in [5.41, 5.74) is 1.22. The molecule has 0 saturated heterocycles. The third kappa shape index (κ3) is 1.28. The molecular weight excluding hydrogens is 164 g/mol. The second kappa shape index (κ2) is 3.05. The number of aldehydes is 1. The van der Waals surface area contributed by atoms with Crippen LogP contribution in [0.1, 0.15) is 23.1 Å². The molecule has 0 amide bonds. The highest BCUT2D eigenvalue weighted by atomic mass is 35.5. The summed E-state index contributed by atoms with van der Waals surface area (Å²) in [4.78, 5) is 10.3. The highest BCUT2D eigenvalue weighted by Gasteiger charge is 2.10. The topological polar surface area (TPSA) is 34.9 Å². The molecule has 0 aliphatic rings. The second-order valence-corrected chi connectivity index (χ2v) is 2.62. The van der Waals surface area contributed by atoms with Crippen molar-refractivity contribution in [2.75, 3.05) is 0 Å². The van der Waals surface area contributed by atoms with Gasteiger partial charge in [0, 0.05) is 7.05 Å². The van der Waals surface area contributed by atoms with E-state index >= 15 is 0 Å². The van der Waals surface area contributed by atoms with Crippen LogP contribution >= 0.6 is 11.6 Å². The van der Waals surface area contributed by atoms with Crippen LogP contribution in [-0.4, -0.2) is 16.1 Å². The van der Waals surface area contributed by atoms with Gasteiger partial charge in [-0.1, -0.05) is 18.5 Å². The van der Waals surface area contributed by atoms with E-state index in [0.717, 1.165) is 12.1 Å². The largest absolute Gasteiger partial charge is 0.296 e. The first-order chi connectivity index (χ1) is 5.20. The Morgan fingerprint density at radius 3 is 2.64 bits per heavy atom. The molecule has 0 atom stereocenters. The van der Waals surface area contributed by atoms with Crippen molar-refractivity contribution in [3.05, 3.63) is 16.4 Å². The molecule has 0 unspecified atom stereocenters. The van der Waals surface area contributed by atoms with Crippen LogP contribution in [0.3, 0.4) is 0 Å². The minimum Gasteiger partial charge on any atom is -0.296 e. The number of nitrogens with zero attached hydrogens (tertiary/aromatic N) is 2. The fourth-order valence-electron chi connectivity index (χ4n) is 1.02. The molecule has 0 bridgehead atoms. The van der Waals surface area contributed by atoms with E-state index in [4.69, 9.17) is 11.6 Å². The van der Waals surface area contributed by atoms with Gasteiger partial charge in [0.25, 0.3) is 0 Å². The minimum atomic E-state index is 0.325. The van der Waals surface area contributed by atoms with Gasteiger partial charge in [-0.05, 0) is 6.42 Å². The van der Waals surface area contributed by atoms with Crippen molar-refractivity contribution in [3.8, 4) is 0 Å². The average Bonchev–Trinajstić information content (AvgIpc) is 2.26. The van der Waals surface area contributed by atoms with E-state index < -0.39 is 0 Å². The van der Waals surface area contributed by atoms with Gasteiger partial charge in [-0.15, -0.1) is 0 Å². The zero-order valence-corrected chi connectivity index (χ0v) is 7.22. The van der Waals surface area contributed by atoms with Crippen LogP contribution in [0.15, 0.2) is 0 Å². The second-order valence-electron chi connectivity index (χ2n) is 2.24. The molecule has 1 rings (SSSR count). The summed E-state index contributed by atoms with van der Waals surface area (Å²) in [6.07, 6.45) is 1.46. The van der Waals surface area contributed by atoms with Gasteiger partial charge in [-0.3, -0.25) is 9.48 Å². The number of carbonyl (C=O) groups is 1. The van der Waals surface area contributed by atoms with Gasteiger partial charge < -0.3 is 0 Å². The van der Waals surface area contributed by atoms with E-state index in [1.54, 1.807) is 11.7 Å². The highest BCUT2D eigenvalue weighted by molar-refractivity contribution is 6.33. The molecule has 0 N–H and O–H groups in total. The molecule has 3 nitrogen and oxygen atoms in total. The summed E-state index contributed by atoms with van der Waals surface area (Å²) in [5, 5.41) is 4.39. The number of hydrogen-bond donors (Lipinski definition) is 0. The van der Waals surface area contributed by atoms with Crippen LogP contribution in [0.5, 0.6) is 0 Å². The number of aryl methyl sites for hydroxylation is 1. The number of halogens is 1. The molecule has 0 aliphatic heterocycles. The van der Waals surface area contributed by atoms with Gasteiger partial charge in [0.2, 0.25) is 0 Å². The van der Waals surface area contributed by atoms with E-state index in [0.29, 0.717) is 17.0 Å². The molecule has 0 aliphatic carbocycles. The van der Waals surface area contributed by atoms with Crippen LogP contribution in [0.25, 0.3) is 0 Å². The Bertz CT molecular complexity index is 280. The molecule has 0 fully saturated rings. The lowest BCUT2D eigenvalue weighted by atomic mass is 10.3. The van der Waals surface area contributed by atoms with Gasteiger partial charge in [0.15, 0.2) is 6.29 Å². The van der Waals surface area contributed by atoms with Gasteiger partial charge in [0.1, 0.15) is 5.69 Å². The van der Waals surface area contributed by atoms with Gasteiger partial charge in [0.05, 0.1) is 10.7 Å². The lowest BCUT2D eigenvalue weighted by molar-refractivity contribution is 0.111. The summed E-state index contributed by atoms with van der Waals surface area (Å²) in [7, 11) is 1.78. The first-order valence-electron chi connectivity index (χ1n) is 3.37. The zero-order valence-electron chi connectivity index (χ0n) is 6.47. The Morgan fingerprint density at radius 2 is 2.36 bits per heavy atom. The summed E-state index contributed by atoms with van der Waals surface area (Å²) in [5.74, 6) is 0. The molecule has 11 heavy (non-hydrogen) atoms. The van der Waals surface area contributed by atoms with E-state index in [-0.39, 0.29) is 0 Å². The van der Waals surface area contributed by atoms with Crippen LogP contribution in [-0.2, 0) is 13.5 Å². The normalized spacial score (nSPS) is 10.1. The van der Waals surface area contributed by atoms with Crippen molar-refractivity contribution in [3.63, 3.8) is 0 Å². The maximum Gasteiger partial charge on any atom is 0.171 e. The summed E-state index contributed by atoms with van der Waals surface area (Å²) in [6.45, 7) is 1.97. The van der Waals surface area contributed by atoms with E-state index in [2.05, 4.69) is 5.10 Å². The lowest BCUT2D eigenvalue weighted by Gasteiger charge is -1.94. The van der Waals surface area contributed by atoms with Crippen LogP contribution < -0.4 is 0 Å². The van der Waals surface area contributed by atoms with Crippen molar-refractivity contribution in [2.45, 2.75) is 13.3 Å². The average molecular weight is 173 g/mol. The third-order valence-corrected chi connectivity index (χ3v) is 1.98. The molecule has 1 aromatic rings. The molecule has 0 saturated carbocycles. The predicted molar refractivity (Wildman–Crippen MR) is 43.0 cm³/mol. The fraction of sp³-hybridized carbons (Fsp3) is 0.429. The molecule has 0 spiro atoms. The number of carbonyl (C=O) groups excluding carboxylic acids is 1. The van der Waals surface area contributed by atoms with E-state index in [9.17, 15) is 4.79 Å². The van der Waals surface area contributed by atoms with Crippen molar-refractivity contribution in [2.24, 2.45) is 7.05 Å². The number of rotatable bonds is 2. The first-order valence-corrected chi connectivity index (χ1v) is 3.75. The van der Waals surface area contributed by atoms with Crippen LogP contribution in [0.4, 0.5) is 0 Å². The molecule has 60 valence electrons. The molecular formula is C7H9ClN2O. The van der Waals surface area contributed by atoms with E-state index in [1.165, 1.54) is 0 Å².